The van der Waals surface area contributed by atoms with Crippen molar-refractivity contribution < 1.29 is 4.74 Å². The largest absolute Gasteiger partial charge is 0.497 e. The summed E-state index contributed by atoms with van der Waals surface area (Å²) in [6.07, 6.45) is 0. The molecule has 0 unspecified atom stereocenters. The van der Waals surface area contributed by atoms with Gasteiger partial charge in [0.05, 0.1) is 23.0 Å². The number of benzene rings is 2. The molecule has 0 aliphatic rings. The lowest BCUT2D eigenvalue weighted by atomic mass is 10.3. The van der Waals surface area contributed by atoms with Crippen molar-refractivity contribution in [3.05, 3.63) is 60.3 Å². The van der Waals surface area contributed by atoms with Crippen molar-refractivity contribution in [1.29, 1.82) is 0 Å². The van der Waals surface area contributed by atoms with Gasteiger partial charge in [0.1, 0.15) is 11.6 Å². The molecule has 5 nitrogen and oxygen atoms in total. The fourth-order valence-corrected chi connectivity index (χ4v) is 3.44. The van der Waals surface area contributed by atoms with E-state index in [1.165, 1.54) is 0 Å². The number of ether oxygens (including phenoxy) is 1. The Kier molecular flexibility index (Phi) is 3.66. The second kappa shape index (κ2) is 5.98. The highest BCUT2D eigenvalue weighted by Crippen LogP contribution is 2.28. The summed E-state index contributed by atoms with van der Waals surface area (Å²) in [5.74, 6) is 1.72. The van der Waals surface area contributed by atoms with E-state index in [0.717, 1.165) is 38.3 Å². The predicted octanol–water partition coefficient (Wildman–Crippen LogP) is 4.54. The van der Waals surface area contributed by atoms with E-state index >= 15 is 0 Å². The van der Waals surface area contributed by atoms with Crippen molar-refractivity contribution in [3.8, 4) is 10.9 Å². The van der Waals surface area contributed by atoms with E-state index in [-0.39, 0.29) is 0 Å². The lowest BCUT2D eigenvalue weighted by Crippen LogP contribution is -2.02. The van der Waals surface area contributed by atoms with Gasteiger partial charge in [0.2, 0.25) is 5.13 Å². The van der Waals surface area contributed by atoms with Crippen LogP contribution in [0.5, 0.6) is 5.75 Å². The maximum absolute atomic E-state index is 5.20. The smallest absolute Gasteiger partial charge is 0.213 e. The van der Waals surface area contributed by atoms with E-state index in [9.17, 15) is 0 Å². The molecule has 0 spiro atoms. The molecule has 2 heterocycles. The van der Waals surface area contributed by atoms with Crippen LogP contribution in [0.15, 0.2) is 54.6 Å². The number of hydrogen-bond donors (Lipinski definition) is 1. The maximum atomic E-state index is 5.20. The highest BCUT2D eigenvalue weighted by Gasteiger charge is 2.12. The lowest BCUT2D eigenvalue weighted by molar-refractivity contribution is 0.415. The van der Waals surface area contributed by atoms with Gasteiger partial charge in [-0.15, -0.1) is 0 Å². The molecular weight excluding hydrogens is 320 g/mol. The number of fused-ring (bicyclic) bond motifs is 1. The van der Waals surface area contributed by atoms with Gasteiger partial charge in [-0.05, 0) is 43.3 Å². The van der Waals surface area contributed by atoms with Gasteiger partial charge in [-0.1, -0.05) is 23.5 Å². The van der Waals surface area contributed by atoms with Crippen molar-refractivity contribution in [3.63, 3.8) is 0 Å². The lowest BCUT2D eigenvalue weighted by Gasteiger charge is -2.08. The third-order valence-electron chi connectivity index (χ3n) is 3.66. The molecule has 0 saturated carbocycles. The number of anilines is 2. The molecule has 0 aliphatic heterocycles. The first-order valence-corrected chi connectivity index (χ1v) is 8.38. The molecular formula is C18H16N4OS. The van der Waals surface area contributed by atoms with Gasteiger partial charge in [-0.2, -0.15) is 9.78 Å². The number of rotatable bonds is 4. The Morgan fingerprint density at radius 2 is 1.88 bits per heavy atom. The summed E-state index contributed by atoms with van der Waals surface area (Å²) in [5, 5.41) is 8.83. The van der Waals surface area contributed by atoms with Crippen LogP contribution in [0.3, 0.4) is 0 Å². The topological polar surface area (TPSA) is 52.0 Å². The van der Waals surface area contributed by atoms with Gasteiger partial charge >= 0.3 is 0 Å². The molecule has 120 valence electrons. The molecule has 2 aromatic carbocycles. The minimum Gasteiger partial charge on any atom is -0.497 e. The summed E-state index contributed by atoms with van der Waals surface area (Å²) in [4.78, 5) is 4.68. The Hall–Kier alpha value is -2.86. The molecule has 0 atom stereocenters. The normalized spacial score (nSPS) is 10.9. The molecule has 0 aliphatic carbocycles. The summed E-state index contributed by atoms with van der Waals surface area (Å²) in [5.41, 5.74) is 2.89. The fourth-order valence-electron chi connectivity index (χ4n) is 2.51. The van der Waals surface area contributed by atoms with Gasteiger partial charge in [-0.3, -0.25) is 0 Å². The average Bonchev–Trinajstić information content (AvgIpc) is 3.18. The molecule has 24 heavy (non-hydrogen) atoms. The van der Waals surface area contributed by atoms with Gasteiger partial charge in [-0.25, -0.2) is 4.98 Å². The zero-order valence-corrected chi connectivity index (χ0v) is 14.2. The summed E-state index contributed by atoms with van der Waals surface area (Å²) in [7, 11) is 1.66. The average molecular weight is 336 g/mol. The molecule has 4 rings (SSSR count). The minimum absolute atomic E-state index is 0.830. The Morgan fingerprint density at radius 1 is 1.08 bits per heavy atom. The minimum atomic E-state index is 0.830. The van der Waals surface area contributed by atoms with Crippen LogP contribution in [-0.2, 0) is 0 Å². The van der Waals surface area contributed by atoms with Crippen LogP contribution in [-0.4, -0.2) is 21.9 Å². The third-order valence-corrected chi connectivity index (χ3v) is 4.67. The van der Waals surface area contributed by atoms with E-state index < -0.39 is 0 Å². The Morgan fingerprint density at radius 3 is 2.62 bits per heavy atom. The summed E-state index contributed by atoms with van der Waals surface area (Å²) < 4.78 is 8.20. The molecule has 2 aromatic heterocycles. The van der Waals surface area contributed by atoms with Crippen LogP contribution in [0.25, 0.3) is 15.3 Å². The fraction of sp³-hybridized carbons (Fsp3) is 0.111. The first-order valence-electron chi connectivity index (χ1n) is 7.56. The van der Waals surface area contributed by atoms with Crippen LogP contribution >= 0.6 is 11.3 Å². The third kappa shape index (κ3) is 2.72. The number of methoxy groups -OCH3 is 1. The monoisotopic (exact) mass is 336 g/mol. The van der Waals surface area contributed by atoms with E-state index in [4.69, 9.17) is 4.74 Å². The first-order chi connectivity index (χ1) is 11.7. The van der Waals surface area contributed by atoms with E-state index in [1.807, 2.05) is 60.1 Å². The Bertz CT molecular complexity index is 955. The number of nitrogens with one attached hydrogen (secondary N) is 1. The van der Waals surface area contributed by atoms with Gasteiger partial charge < -0.3 is 10.1 Å². The van der Waals surface area contributed by atoms with E-state index in [1.54, 1.807) is 18.4 Å². The van der Waals surface area contributed by atoms with Crippen molar-refractivity contribution >= 4 is 33.1 Å². The van der Waals surface area contributed by atoms with E-state index in [0.29, 0.717) is 0 Å². The molecule has 0 fully saturated rings. The molecule has 0 amide bonds. The van der Waals surface area contributed by atoms with Crippen molar-refractivity contribution in [2.45, 2.75) is 6.92 Å². The molecule has 0 bridgehead atoms. The number of para-hydroxylation sites is 1. The highest BCUT2D eigenvalue weighted by molar-refractivity contribution is 7.20. The van der Waals surface area contributed by atoms with E-state index in [2.05, 4.69) is 21.5 Å². The highest BCUT2D eigenvalue weighted by atomic mass is 32.1. The Labute approximate surface area is 143 Å². The number of nitrogens with zero attached hydrogens (tertiary/aromatic N) is 3. The van der Waals surface area contributed by atoms with Crippen LogP contribution in [0.1, 0.15) is 5.69 Å². The molecule has 0 radical (unpaired) electrons. The molecule has 6 heteroatoms. The summed E-state index contributed by atoms with van der Waals surface area (Å²) in [6, 6.07) is 17.9. The second-order valence-corrected chi connectivity index (χ2v) is 6.41. The summed E-state index contributed by atoms with van der Waals surface area (Å²) >= 11 is 1.62. The molecule has 1 N–H and O–H groups in total. The summed E-state index contributed by atoms with van der Waals surface area (Å²) in [6.45, 7) is 1.98. The number of aryl methyl sites for hydroxylation is 1. The van der Waals surface area contributed by atoms with Crippen molar-refractivity contribution in [1.82, 2.24) is 14.8 Å². The van der Waals surface area contributed by atoms with Crippen molar-refractivity contribution in [2.24, 2.45) is 0 Å². The number of hydrogen-bond acceptors (Lipinski definition) is 5. The Balaban J connectivity index is 1.71. The van der Waals surface area contributed by atoms with Gasteiger partial charge in [0, 0.05) is 11.8 Å². The van der Waals surface area contributed by atoms with Crippen molar-refractivity contribution in [2.75, 3.05) is 12.4 Å². The van der Waals surface area contributed by atoms with Crippen LogP contribution < -0.4 is 10.1 Å². The SMILES string of the molecule is COc1ccc(Nc2cc(C)nn2-c2nc3ccccc3s2)cc1. The number of aromatic nitrogens is 3. The van der Waals surface area contributed by atoms with Gasteiger partial charge in [0.25, 0.3) is 0 Å². The standard InChI is InChI=1S/C18H16N4OS/c1-12-11-17(19-13-7-9-14(23-2)10-8-13)22(21-12)18-20-15-5-3-4-6-16(15)24-18/h3-11,19H,1-2H3. The van der Waals surface area contributed by atoms with Crippen LogP contribution in [0.4, 0.5) is 11.5 Å². The molecule has 0 saturated heterocycles. The zero-order chi connectivity index (χ0) is 16.5. The van der Waals surface area contributed by atoms with Crippen LogP contribution in [0.2, 0.25) is 0 Å². The van der Waals surface area contributed by atoms with Crippen LogP contribution in [0, 0.1) is 6.92 Å². The molecule has 4 aromatic rings. The predicted molar refractivity (Wildman–Crippen MR) is 97.8 cm³/mol. The first kappa shape index (κ1) is 14.7. The second-order valence-electron chi connectivity index (χ2n) is 5.40. The zero-order valence-electron chi connectivity index (χ0n) is 13.4. The van der Waals surface area contributed by atoms with Gasteiger partial charge in [0.15, 0.2) is 0 Å². The number of thiazole rings is 1. The maximum Gasteiger partial charge on any atom is 0.213 e. The quantitative estimate of drug-likeness (QED) is 0.594.